The lowest BCUT2D eigenvalue weighted by molar-refractivity contribution is 0.949. The van der Waals surface area contributed by atoms with E-state index in [4.69, 9.17) is 16.9 Å². The Hall–Kier alpha value is -2.05. The number of nitriles is 1. The summed E-state index contributed by atoms with van der Waals surface area (Å²) >= 11 is 6.14. The molecule has 1 aromatic carbocycles. The third kappa shape index (κ3) is 2.29. The number of para-hydroxylation sites is 1. The summed E-state index contributed by atoms with van der Waals surface area (Å²) in [4.78, 5) is 11.7. The van der Waals surface area contributed by atoms with Gasteiger partial charge in [-0.15, -0.1) is 0 Å². The van der Waals surface area contributed by atoms with Crippen LogP contribution in [0.2, 0.25) is 5.02 Å². The van der Waals surface area contributed by atoms with Gasteiger partial charge in [-0.1, -0.05) is 23.7 Å². The molecule has 2 aromatic rings. The molecular weight excluding hydrogens is 248 g/mol. The Labute approximate surface area is 110 Å². The van der Waals surface area contributed by atoms with Gasteiger partial charge in [0.25, 0.3) is 0 Å². The topological polar surface area (TPSA) is 45.8 Å². The number of rotatable bonds is 2. The first-order valence-corrected chi connectivity index (χ1v) is 5.85. The molecule has 0 saturated carbocycles. The molecule has 0 radical (unpaired) electrons. The number of pyridine rings is 1. The maximum atomic E-state index is 11.7. The van der Waals surface area contributed by atoms with E-state index in [2.05, 4.69) is 0 Å². The van der Waals surface area contributed by atoms with E-state index >= 15 is 0 Å². The minimum atomic E-state index is -0.114. The predicted octanol–water partition coefficient (Wildman–Crippen LogP) is 2.87. The molecule has 3 nitrogen and oxygen atoms in total. The predicted molar refractivity (Wildman–Crippen MR) is 71.1 cm³/mol. The fraction of sp³-hybridized carbons (Fsp3) is 0.143. The largest absolute Gasteiger partial charge is 0.319 e. The van der Waals surface area contributed by atoms with E-state index in [0.29, 0.717) is 10.6 Å². The van der Waals surface area contributed by atoms with Crippen LogP contribution in [0.15, 0.2) is 41.3 Å². The molecule has 1 heterocycles. The molecule has 0 aliphatic rings. The zero-order valence-electron chi connectivity index (χ0n) is 9.85. The Morgan fingerprint density at radius 3 is 2.78 bits per heavy atom. The van der Waals surface area contributed by atoms with Crippen LogP contribution in [0.5, 0.6) is 0 Å². The van der Waals surface area contributed by atoms with Crippen LogP contribution in [0, 0.1) is 18.3 Å². The van der Waals surface area contributed by atoms with Crippen LogP contribution in [-0.4, -0.2) is 4.57 Å². The number of benzene rings is 1. The lowest BCUT2D eigenvalue weighted by Crippen LogP contribution is -2.13. The molecule has 0 aliphatic heterocycles. The van der Waals surface area contributed by atoms with Crippen LogP contribution in [-0.2, 0) is 6.42 Å². The van der Waals surface area contributed by atoms with Crippen molar-refractivity contribution in [3.63, 3.8) is 0 Å². The number of aryl methyl sites for hydroxylation is 1. The van der Waals surface area contributed by atoms with E-state index in [1.165, 1.54) is 6.07 Å². The maximum Gasteiger partial charge on any atom is 0.186 e. The van der Waals surface area contributed by atoms with Crippen LogP contribution in [0.3, 0.4) is 0 Å². The number of aromatic nitrogens is 1. The standard InChI is InChI=1S/C14H11ClN2O/c1-10-8-14(18)11(6-7-16)9-17(10)13-5-3-2-4-12(13)15/h2-5,8-9H,6H2,1H3. The van der Waals surface area contributed by atoms with Gasteiger partial charge in [0.2, 0.25) is 0 Å². The second-order valence-corrected chi connectivity index (χ2v) is 4.37. The van der Waals surface area contributed by atoms with E-state index in [9.17, 15) is 4.79 Å². The molecule has 0 aliphatic carbocycles. The first-order chi connectivity index (χ1) is 8.63. The van der Waals surface area contributed by atoms with Gasteiger partial charge < -0.3 is 4.57 Å². The van der Waals surface area contributed by atoms with E-state index in [-0.39, 0.29) is 11.8 Å². The van der Waals surface area contributed by atoms with Gasteiger partial charge in [-0.3, -0.25) is 4.79 Å². The van der Waals surface area contributed by atoms with Crippen molar-refractivity contribution in [2.24, 2.45) is 0 Å². The van der Waals surface area contributed by atoms with Gasteiger partial charge in [0.1, 0.15) is 0 Å². The number of hydrogen-bond acceptors (Lipinski definition) is 2. The average Bonchev–Trinajstić information content (AvgIpc) is 2.34. The summed E-state index contributed by atoms with van der Waals surface area (Å²) in [5.74, 6) is 0. The van der Waals surface area contributed by atoms with Crippen LogP contribution >= 0.6 is 11.6 Å². The Kier molecular flexibility index (Phi) is 3.50. The molecule has 90 valence electrons. The van der Waals surface area contributed by atoms with Crippen LogP contribution < -0.4 is 5.43 Å². The highest BCUT2D eigenvalue weighted by molar-refractivity contribution is 6.32. The molecule has 18 heavy (non-hydrogen) atoms. The fourth-order valence-electron chi connectivity index (χ4n) is 1.80. The SMILES string of the molecule is Cc1cc(=O)c(CC#N)cn1-c1ccccc1Cl. The first-order valence-electron chi connectivity index (χ1n) is 5.47. The number of nitrogens with zero attached hydrogens (tertiary/aromatic N) is 2. The van der Waals surface area contributed by atoms with E-state index in [1.807, 2.05) is 35.8 Å². The minimum absolute atomic E-state index is 0.101. The van der Waals surface area contributed by atoms with Gasteiger partial charge in [-0.2, -0.15) is 5.26 Å². The van der Waals surface area contributed by atoms with Crippen molar-refractivity contribution in [2.75, 3.05) is 0 Å². The average molecular weight is 259 g/mol. The number of halogens is 1. The second-order valence-electron chi connectivity index (χ2n) is 3.96. The summed E-state index contributed by atoms with van der Waals surface area (Å²) in [7, 11) is 0. The third-order valence-corrected chi connectivity index (χ3v) is 3.02. The Morgan fingerprint density at radius 2 is 2.11 bits per heavy atom. The van der Waals surface area contributed by atoms with Crippen molar-refractivity contribution in [3.05, 3.63) is 63.0 Å². The van der Waals surface area contributed by atoms with Crippen molar-refractivity contribution in [1.29, 1.82) is 5.26 Å². The molecule has 0 amide bonds. The summed E-state index contributed by atoms with van der Waals surface area (Å²) in [5.41, 5.74) is 1.95. The molecule has 1 aromatic heterocycles. The van der Waals surface area contributed by atoms with E-state index in [0.717, 1.165) is 11.4 Å². The highest BCUT2D eigenvalue weighted by Crippen LogP contribution is 2.20. The Bertz CT molecular complexity index is 683. The number of hydrogen-bond donors (Lipinski definition) is 0. The van der Waals surface area contributed by atoms with Crippen LogP contribution in [0.25, 0.3) is 5.69 Å². The van der Waals surface area contributed by atoms with Crippen molar-refractivity contribution >= 4 is 11.6 Å². The Morgan fingerprint density at radius 1 is 1.39 bits per heavy atom. The van der Waals surface area contributed by atoms with E-state index in [1.54, 1.807) is 12.3 Å². The smallest absolute Gasteiger partial charge is 0.186 e. The Balaban J connectivity index is 2.66. The molecule has 0 fully saturated rings. The quantitative estimate of drug-likeness (QED) is 0.831. The van der Waals surface area contributed by atoms with Gasteiger partial charge in [0.15, 0.2) is 5.43 Å². The van der Waals surface area contributed by atoms with Crippen LogP contribution in [0.4, 0.5) is 0 Å². The molecule has 0 bridgehead atoms. The molecule has 0 N–H and O–H groups in total. The molecule has 2 rings (SSSR count). The van der Waals surface area contributed by atoms with Crippen molar-refractivity contribution < 1.29 is 0 Å². The highest BCUT2D eigenvalue weighted by atomic mass is 35.5. The molecule has 0 unspecified atom stereocenters. The lowest BCUT2D eigenvalue weighted by Gasteiger charge is -2.13. The lowest BCUT2D eigenvalue weighted by atomic mass is 10.2. The minimum Gasteiger partial charge on any atom is -0.319 e. The maximum absolute atomic E-state index is 11.7. The first kappa shape index (κ1) is 12.4. The molecule has 0 atom stereocenters. The van der Waals surface area contributed by atoms with Crippen molar-refractivity contribution in [3.8, 4) is 11.8 Å². The summed E-state index contributed by atoms with van der Waals surface area (Å²) in [6.07, 6.45) is 1.78. The molecule has 0 saturated heterocycles. The monoisotopic (exact) mass is 258 g/mol. The fourth-order valence-corrected chi connectivity index (χ4v) is 2.02. The molecular formula is C14H11ClN2O. The van der Waals surface area contributed by atoms with E-state index < -0.39 is 0 Å². The van der Waals surface area contributed by atoms with Crippen molar-refractivity contribution in [2.45, 2.75) is 13.3 Å². The van der Waals surface area contributed by atoms with Crippen LogP contribution in [0.1, 0.15) is 11.3 Å². The molecule has 0 spiro atoms. The van der Waals surface area contributed by atoms with Gasteiger partial charge in [0, 0.05) is 23.5 Å². The van der Waals surface area contributed by atoms with Gasteiger partial charge in [-0.25, -0.2) is 0 Å². The summed E-state index contributed by atoms with van der Waals surface area (Å²) < 4.78 is 1.83. The summed E-state index contributed by atoms with van der Waals surface area (Å²) in [6.45, 7) is 1.83. The zero-order chi connectivity index (χ0) is 13.1. The zero-order valence-corrected chi connectivity index (χ0v) is 10.6. The molecule has 4 heteroatoms. The van der Waals surface area contributed by atoms with Gasteiger partial charge >= 0.3 is 0 Å². The van der Waals surface area contributed by atoms with Gasteiger partial charge in [0.05, 0.1) is 23.2 Å². The summed E-state index contributed by atoms with van der Waals surface area (Å²) in [5, 5.41) is 9.31. The van der Waals surface area contributed by atoms with Gasteiger partial charge in [-0.05, 0) is 19.1 Å². The summed E-state index contributed by atoms with van der Waals surface area (Å²) in [6, 6.07) is 10.9. The third-order valence-electron chi connectivity index (χ3n) is 2.70. The van der Waals surface area contributed by atoms with Crippen molar-refractivity contribution in [1.82, 2.24) is 4.57 Å². The highest BCUT2D eigenvalue weighted by Gasteiger charge is 2.07. The second kappa shape index (κ2) is 5.07. The normalized spacial score (nSPS) is 10.1.